The first-order valence-electron chi connectivity index (χ1n) is 4.62. The minimum absolute atomic E-state index is 0.168. The van der Waals surface area contributed by atoms with Crippen molar-refractivity contribution in [2.75, 3.05) is 0 Å². The molecule has 2 rings (SSSR count). The van der Waals surface area contributed by atoms with Gasteiger partial charge in [-0.1, -0.05) is 15.9 Å². The van der Waals surface area contributed by atoms with Crippen LogP contribution in [0.5, 0.6) is 5.75 Å². The first kappa shape index (κ1) is 10.6. The average Bonchev–Trinajstić information content (AvgIpc) is 2.43. The monoisotopic (exact) mass is 270 g/mol. The maximum Gasteiger partial charge on any atom is 0.210 e. The summed E-state index contributed by atoms with van der Waals surface area (Å²) in [6, 6.07) is 5.24. The second kappa shape index (κ2) is 3.32. The van der Waals surface area contributed by atoms with Crippen LogP contribution in [0, 0.1) is 0 Å². The summed E-state index contributed by atoms with van der Waals surface area (Å²) in [5, 5.41) is 9.77. The van der Waals surface area contributed by atoms with Gasteiger partial charge in [0.15, 0.2) is 6.10 Å². The molecule has 1 heterocycles. The second-order valence-corrected chi connectivity index (χ2v) is 5.07. The summed E-state index contributed by atoms with van der Waals surface area (Å²) in [7, 11) is 0. The number of ketones is 1. The van der Waals surface area contributed by atoms with E-state index in [-0.39, 0.29) is 5.78 Å². The largest absolute Gasteiger partial charge is 0.478 e. The first-order chi connectivity index (χ1) is 6.89. The van der Waals surface area contributed by atoms with Gasteiger partial charge in [0.2, 0.25) is 5.78 Å². The molecule has 1 aromatic carbocycles. The van der Waals surface area contributed by atoms with E-state index in [4.69, 9.17) is 4.74 Å². The van der Waals surface area contributed by atoms with Crippen molar-refractivity contribution in [3.63, 3.8) is 0 Å². The highest BCUT2D eigenvalue weighted by atomic mass is 79.9. The lowest BCUT2D eigenvalue weighted by molar-refractivity contribution is -0.0139. The fourth-order valence-corrected chi connectivity index (χ4v) is 1.95. The Morgan fingerprint density at radius 2 is 2.13 bits per heavy atom. The average molecular weight is 271 g/mol. The third-order valence-corrected chi connectivity index (χ3v) is 2.82. The molecule has 0 aromatic heterocycles. The molecular formula is C11H11BrO3. The highest BCUT2D eigenvalue weighted by molar-refractivity contribution is 9.10. The molecule has 0 saturated carbocycles. The summed E-state index contributed by atoms with van der Waals surface area (Å²) in [4.78, 5) is 11.9. The number of carbonyl (C=O) groups is 1. The van der Waals surface area contributed by atoms with Crippen molar-refractivity contribution in [3.05, 3.63) is 28.2 Å². The maximum atomic E-state index is 11.9. The third-order valence-electron chi connectivity index (χ3n) is 2.33. The number of hydrogen-bond donors (Lipinski definition) is 1. The number of rotatable bonds is 1. The zero-order valence-corrected chi connectivity index (χ0v) is 10.0. The molecular weight excluding hydrogens is 260 g/mol. The Morgan fingerprint density at radius 3 is 2.73 bits per heavy atom. The van der Waals surface area contributed by atoms with E-state index in [0.29, 0.717) is 11.3 Å². The lowest BCUT2D eigenvalue weighted by atomic mass is 9.96. The van der Waals surface area contributed by atoms with E-state index in [1.54, 1.807) is 32.0 Å². The Bertz CT molecular complexity index is 420. The smallest absolute Gasteiger partial charge is 0.210 e. The first-order valence-corrected chi connectivity index (χ1v) is 5.41. The molecule has 80 valence electrons. The Hall–Kier alpha value is -0.870. The lowest BCUT2D eigenvalue weighted by Crippen LogP contribution is -2.43. The molecule has 1 N–H and O–H groups in total. The van der Waals surface area contributed by atoms with Crippen molar-refractivity contribution >= 4 is 21.7 Å². The Labute approximate surface area is 96.2 Å². The lowest BCUT2D eigenvalue weighted by Gasteiger charge is -2.23. The number of halogens is 1. The van der Waals surface area contributed by atoms with Gasteiger partial charge in [-0.25, -0.2) is 0 Å². The quantitative estimate of drug-likeness (QED) is 0.851. The molecule has 0 saturated heterocycles. The number of carbonyl (C=O) groups excluding carboxylic acids is 1. The summed E-state index contributed by atoms with van der Waals surface area (Å²) in [5.41, 5.74) is -0.640. The summed E-state index contributed by atoms with van der Waals surface area (Å²) >= 11 is 3.29. The zero-order valence-electron chi connectivity index (χ0n) is 8.45. The van der Waals surface area contributed by atoms with Gasteiger partial charge in [-0.05, 0) is 32.0 Å². The van der Waals surface area contributed by atoms with Crippen LogP contribution in [0.1, 0.15) is 24.2 Å². The molecule has 4 heteroatoms. The molecule has 1 aliphatic heterocycles. The SMILES string of the molecule is CC(C)(O)C1Oc2ccc(Br)cc2C1=O. The number of Topliss-reactive ketones (excluding diaryl/α,β-unsaturated/α-hetero) is 1. The van der Waals surface area contributed by atoms with Crippen LogP contribution >= 0.6 is 15.9 Å². The second-order valence-electron chi connectivity index (χ2n) is 4.16. The molecule has 0 bridgehead atoms. The van der Waals surface area contributed by atoms with E-state index in [1.165, 1.54) is 0 Å². The van der Waals surface area contributed by atoms with Crippen LogP contribution in [0.2, 0.25) is 0 Å². The van der Waals surface area contributed by atoms with Crippen molar-refractivity contribution < 1.29 is 14.6 Å². The van der Waals surface area contributed by atoms with Crippen molar-refractivity contribution in [1.82, 2.24) is 0 Å². The topological polar surface area (TPSA) is 46.5 Å². The zero-order chi connectivity index (χ0) is 11.2. The van der Waals surface area contributed by atoms with Crippen molar-refractivity contribution in [1.29, 1.82) is 0 Å². The van der Waals surface area contributed by atoms with Crippen LogP contribution in [-0.2, 0) is 0 Å². The van der Waals surface area contributed by atoms with Crippen LogP contribution < -0.4 is 4.74 Å². The molecule has 1 unspecified atom stereocenters. The number of aliphatic hydroxyl groups is 1. The Balaban J connectivity index is 2.42. The van der Waals surface area contributed by atoms with E-state index in [9.17, 15) is 9.90 Å². The van der Waals surface area contributed by atoms with Gasteiger partial charge in [-0.2, -0.15) is 0 Å². The van der Waals surface area contributed by atoms with Crippen LogP contribution in [0.3, 0.4) is 0 Å². The molecule has 0 spiro atoms. The minimum Gasteiger partial charge on any atom is -0.478 e. The molecule has 1 aliphatic rings. The number of fused-ring (bicyclic) bond motifs is 1. The Kier molecular flexibility index (Phi) is 2.35. The molecule has 0 amide bonds. The summed E-state index contributed by atoms with van der Waals surface area (Å²) < 4.78 is 6.25. The van der Waals surface area contributed by atoms with Crippen molar-refractivity contribution in [3.8, 4) is 5.75 Å². The standard InChI is InChI=1S/C11H11BrO3/c1-11(2,14)10-9(13)7-5-6(12)3-4-8(7)15-10/h3-5,10,14H,1-2H3. The summed E-state index contributed by atoms with van der Waals surface area (Å²) in [5.74, 6) is 0.370. The number of ether oxygens (including phenoxy) is 1. The molecule has 0 fully saturated rings. The summed E-state index contributed by atoms with van der Waals surface area (Å²) in [6.45, 7) is 3.13. The fourth-order valence-electron chi connectivity index (χ4n) is 1.58. The molecule has 3 nitrogen and oxygen atoms in total. The van der Waals surface area contributed by atoms with Gasteiger partial charge in [0, 0.05) is 4.47 Å². The van der Waals surface area contributed by atoms with Gasteiger partial charge in [0.1, 0.15) is 11.4 Å². The van der Waals surface area contributed by atoms with Gasteiger partial charge in [-0.15, -0.1) is 0 Å². The molecule has 1 aromatic rings. The van der Waals surface area contributed by atoms with Gasteiger partial charge in [-0.3, -0.25) is 4.79 Å². The Morgan fingerprint density at radius 1 is 1.47 bits per heavy atom. The van der Waals surface area contributed by atoms with Crippen LogP contribution in [0.25, 0.3) is 0 Å². The third kappa shape index (κ3) is 1.79. The van der Waals surface area contributed by atoms with Crippen LogP contribution in [0.15, 0.2) is 22.7 Å². The van der Waals surface area contributed by atoms with E-state index in [2.05, 4.69) is 15.9 Å². The van der Waals surface area contributed by atoms with E-state index in [0.717, 1.165) is 4.47 Å². The maximum absolute atomic E-state index is 11.9. The molecule has 0 aliphatic carbocycles. The summed E-state index contributed by atoms with van der Waals surface area (Å²) in [6.07, 6.45) is -0.804. The van der Waals surface area contributed by atoms with Gasteiger partial charge in [0.25, 0.3) is 0 Å². The highest BCUT2D eigenvalue weighted by Crippen LogP contribution is 2.34. The van der Waals surface area contributed by atoms with Crippen LogP contribution in [0.4, 0.5) is 0 Å². The highest BCUT2D eigenvalue weighted by Gasteiger charge is 2.42. The normalized spacial score (nSPS) is 20.0. The minimum atomic E-state index is -1.16. The molecule has 1 atom stereocenters. The molecule has 0 radical (unpaired) electrons. The van der Waals surface area contributed by atoms with Gasteiger partial charge < -0.3 is 9.84 Å². The van der Waals surface area contributed by atoms with Gasteiger partial charge >= 0.3 is 0 Å². The number of hydrogen-bond acceptors (Lipinski definition) is 3. The predicted molar refractivity (Wildman–Crippen MR) is 59.2 cm³/mol. The van der Waals surface area contributed by atoms with E-state index >= 15 is 0 Å². The van der Waals surface area contributed by atoms with E-state index in [1.807, 2.05) is 0 Å². The fraction of sp³-hybridized carbons (Fsp3) is 0.364. The van der Waals surface area contributed by atoms with E-state index < -0.39 is 11.7 Å². The van der Waals surface area contributed by atoms with Crippen molar-refractivity contribution in [2.45, 2.75) is 25.6 Å². The molecule has 15 heavy (non-hydrogen) atoms. The number of benzene rings is 1. The van der Waals surface area contributed by atoms with Crippen molar-refractivity contribution in [2.24, 2.45) is 0 Å². The van der Waals surface area contributed by atoms with Crippen LogP contribution in [-0.4, -0.2) is 22.6 Å². The predicted octanol–water partition coefficient (Wildman–Crippen LogP) is 2.16. The van der Waals surface area contributed by atoms with Gasteiger partial charge in [0.05, 0.1) is 5.56 Å².